The van der Waals surface area contributed by atoms with Gasteiger partial charge in [0.15, 0.2) is 11.6 Å². The van der Waals surface area contributed by atoms with Crippen molar-refractivity contribution >= 4 is 17.5 Å². The van der Waals surface area contributed by atoms with E-state index in [2.05, 4.69) is 4.90 Å². The molecule has 0 aromatic carbocycles. The molecule has 1 saturated heterocycles. The van der Waals surface area contributed by atoms with E-state index in [0.29, 0.717) is 13.1 Å². The Bertz CT molecular complexity index is 295. The predicted molar refractivity (Wildman–Crippen MR) is 70.3 cm³/mol. The van der Waals surface area contributed by atoms with Crippen molar-refractivity contribution in [3.8, 4) is 0 Å². The number of ketones is 2. The summed E-state index contributed by atoms with van der Waals surface area (Å²) in [6, 6.07) is 0. The number of carbonyl (C=O) groups is 3. The SMILES string of the molecule is CC.CC(=O)C(=O)CCC(=O)N1CCN(C)CC1. The second kappa shape index (κ2) is 8.80. The van der Waals surface area contributed by atoms with Crippen molar-refractivity contribution in [1.29, 1.82) is 0 Å². The molecule has 0 bridgehead atoms. The van der Waals surface area contributed by atoms with Crippen LogP contribution in [-0.4, -0.2) is 60.5 Å². The normalized spacial score (nSPS) is 15.7. The predicted octanol–water partition coefficient (Wildman–Crippen LogP) is 0.725. The summed E-state index contributed by atoms with van der Waals surface area (Å²) in [5, 5.41) is 0. The van der Waals surface area contributed by atoms with Crippen LogP contribution in [0.4, 0.5) is 0 Å². The van der Waals surface area contributed by atoms with Gasteiger partial charge in [-0.25, -0.2) is 0 Å². The van der Waals surface area contributed by atoms with Crippen molar-refractivity contribution < 1.29 is 14.4 Å². The molecule has 0 unspecified atom stereocenters. The van der Waals surface area contributed by atoms with E-state index in [1.165, 1.54) is 6.92 Å². The van der Waals surface area contributed by atoms with Gasteiger partial charge in [-0.3, -0.25) is 14.4 Å². The van der Waals surface area contributed by atoms with Gasteiger partial charge >= 0.3 is 0 Å². The Labute approximate surface area is 109 Å². The van der Waals surface area contributed by atoms with E-state index in [9.17, 15) is 14.4 Å². The van der Waals surface area contributed by atoms with Crippen molar-refractivity contribution in [1.82, 2.24) is 9.80 Å². The first-order valence-electron chi connectivity index (χ1n) is 6.51. The molecule has 18 heavy (non-hydrogen) atoms. The summed E-state index contributed by atoms with van der Waals surface area (Å²) in [6.07, 6.45) is 0.197. The van der Waals surface area contributed by atoms with E-state index in [0.717, 1.165) is 13.1 Å². The molecular weight excluding hydrogens is 232 g/mol. The molecule has 1 heterocycles. The third kappa shape index (κ3) is 5.91. The van der Waals surface area contributed by atoms with E-state index in [1.54, 1.807) is 4.90 Å². The second-order valence-electron chi connectivity index (χ2n) is 4.16. The number of rotatable bonds is 4. The van der Waals surface area contributed by atoms with Gasteiger partial charge in [-0.1, -0.05) is 13.8 Å². The third-order valence-electron chi connectivity index (χ3n) is 2.81. The first-order valence-corrected chi connectivity index (χ1v) is 6.51. The Balaban J connectivity index is 0.00000137. The molecule has 5 heteroatoms. The zero-order valence-corrected chi connectivity index (χ0v) is 11.9. The highest BCUT2D eigenvalue weighted by atomic mass is 16.2. The van der Waals surface area contributed by atoms with Gasteiger partial charge in [0, 0.05) is 45.9 Å². The fraction of sp³-hybridized carbons (Fsp3) is 0.769. The van der Waals surface area contributed by atoms with E-state index in [4.69, 9.17) is 0 Å². The lowest BCUT2D eigenvalue weighted by Gasteiger charge is -2.32. The van der Waals surface area contributed by atoms with Crippen LogP contribution in [0.25, 0.3) is 0 Å². The summed E-state index contributed by atoms with van der Waals surface area (Å²) in [5.41, 5.74) is 0. The van der Waals surface area contributed by atoms with Crippen LogP contribution in [-0.2, 0) is 14.4 Å². The van der Waals surface area contributed by atoms with E-state index in [1.807, 2.05) is 20.9 Å². The number of piperazine rings is 1. The quantitative estimate of drug-likeness (QED) is 0.696. The minimum Gasteiger partial charge on any atom is -0.340 e. The molecule has 1 amide bonds. The number of likely N-dealkylation sites (N-methyl/N-ethyl adjacent to an activating group) is 1. The highest BCUT2D eigenvalue weighted by molar-refractivity contribution is 6.36. The van der Waals surface area contributed by atoms with Crippen molar-refractivity contribution in [2.24, 2.45) is 0 Å². The topological polar surface area (TPSA) is 57.7 Å². The Hall–Kier alpha value is -1.23. The molecule has 0 atom stereocenters. The first kappa shape index (κ1) is 16.8. The number of amides is 1. The molecule has 0 aromatic rings. The monoisotopic (exact) mass is 256 g/mol. The Kier molecular flexibility index (Phi) is 8.20. The minimum atomic E-state index is -0.467. The molecule has 1 fully saturated rings. The highest BCUT2D eigenvalue weighted by Crippen LogP contribution is 2.04. The van der Waals surface area contributed by atoms with Gasteiger partial charge in [-0.2, -0.15) is 0 Å². The molecule has 104 valence electrons. The fourth-order valence-electron chi connectivity index (χ4n) is 1.61. The molecule has 0 spiro atoms. The Morgan fingerprint density at radius 1 is 0.944 bits per heavy atom. The summed E-state index contributed by atoms with van der Waals surface area (Å²) in [6.45, 7) is 8.40. The van der Waals surface area contributed by atoms with Crippen LogP contribution >= 0.6 is 0 Å². The maximum Gasteiger partial charge on any atom is 0.223 e. The molecule has 0 aliphatic carbocycles. The summed E-state index contributed by atoms with van der Waals surface area (Å²) >= 11 is 0. The smallest absolute Gasteiger partial charge is 0.223 e. The van der Waals surface area contributed by atoms with Crippen LogP contribution < -0.4 is 0 Å². The average molecular weight is 256 g/mol. The molecular formula is C13H24N2O3. The van der Waals surface area contributed by atoms with Gasteiger partial charge in [0.2, 0.25) is 5.91 Å². The van der Waals surface area contributed by atoms with Gasteiger partial charge in [0.25, 0.3) is 0 Å². The molecule has 0 aromatic heterocycles. The molecule has 0 saturated carbocycles. The average Bonchev–Trinajstić information content (AvgIpc) is 2.38. The van der Waals surface area contributed by atoms with E-state index < -0.39 is 11.6 Å². The maximum absolute atomic E-state index is 11.7. The third-order valence-corrected chi connectivity index (χ3v) is 2.81. The zero-order chi connectivity index (χ0) is 14.1. The van der Waals surface area contributed by atoms with Crippen LogP contribution in [0.15, 0.2) is 0 Å². The number of carbonyl (C=O) groups excluding carboxylic acids is 3. The van der Waals surface area contributed by atoms with Crippen LogP contribution in [0.1, 0.15) is 33.6 Å². The van der Waals surface area contributed by atoms with Crippen molar-refractivity contribution in [3.05, 3.63) is 0 Å². The van der Waals surface area contributed by atoms with E-state index in [-0.39, 0.29) is 18.7 Å². The zero-order valence-electron chi connectivity index (χ0n) is 11.9. The van der Waals surface area contributed by atoms with Crippen molar-refractivity contribution in [2.75, 3.05) is 33.2 Å². The lowest BCUT2D eigenvalue weighted by atomic mass is 10.1. The van der Waals surface area contributed by atoms with Crippen LogP contribution in [0.5, 0.6) is 0 Å². The maximum atomic E-state index is 11.7. The highest BCUT2D eigenvalue weighted by Gasteiger charge is 2.20. The summed E-state index contributed by atoms with van der Waals surface area (Å²) in [7, 11) is 2.01. The van der Waals surface area contributed by atoms with Gasteiger partial charge in [-0.15, -0.1) is 0 Å². The number of nitrogens with zero attached hydrogens (tertiary/aromatic N) is 2. The van der Waals surface area contributed by atoms with Crippen molar-refractivity contribution in [2.45, 2.75) is 33.6 Å². The Morgan fingerprint density at radius 2 is 1.44 bits per heavy atom. The van der Waals surface area contributed by atoms with E-state index >= 15 is 0 Å². The largest absolute Gasteiger partial charge is 0.340 e. The lowest BCUT2D eigenvalue weighted by Crippen LogP contribution is -2.47. The van der Waals surface area contributed by atoms with Gasteiger partial charge in [-0.05, 0) is 7.05 Å². The fourth-order valence-corrected chi connectivity index (χ4v) is 1.61. The molecule has 5 nitrogen and oxygen atoms in total. The number of hydrogen-bond donors (Lipinski definition) is 0. The first-order chi connectivity index (χ1) is 8.50. The van der Waals surface area contributed by atoms with Gasteiger partial charge in [0.05, 0.1) is 0 Å². The molecule has 0 N–H and O–H groups in total. The summed E-state index contributed by atoms with van der Waals surface area (Å²) < 4.78 is 0. The molecule has 1 aliphatic rings. The minimum absolute atomic E-state index is 0.0253. The van der Waals surface area contributed by atoms with Gasteiger partial charge < -0.3 is 9.80 Å². The Morgan fingerprint density at radius 3 is 1.89 bits per heavy atom. The summed E-state index contributed by atoms with van der Waals surface area (Å²) in [4.78, 5) is 37.3. The van der Waals surface area contributed by atoms with Crippen LogP contribution in [0, 0.1) is 0 Å². The lowest BCUT2D eigenvalue weighted by molar-refractivity contribution is -0.138. The van der Waals surface area contributed by atoms with Crippen LogP contribution in [0.2, 0.25) is 0 Å². The summed E-state index contributed by atoms with van der Waals surface area (Å²) in [5.74, 6) is -0.948. The molecule has 0 radical (unpaired) electrons. The van der Waals surface area contributed by atoms with Gasteiger partial charge in [0.1, 0.15) is 0 Å². The number of hydrogen-bond acceptors (Lipinski definition) is 4. The molecule has 1 aliphatic heterocycles. The second-order valence-corrected chi connectivity index (χ2v) is 4.16. The van der Waals surface area contributed by atoms with Crippen LogP contribution in [0.3, 0.4) is 0 Å². The standard InChI is InChI=1S/C11H18N2O3.C2H6/c1-9(14)10(15)3-4-11(16)13-7-5-12(2)6-8-13;1-2/h3-8H2,1-2H3;1-2H3. The van der Waals surface area contributed by atoms with Crippen molar-refractivity contribution in [3.63, 3.8) is 0 Å². The molecule has 1 rings (SSSR count). The number of Topliss-reactive ketones (excluding diaryl/α,β-unsaturated/α-hetero) is 2.